The summed E-state index contributed by atoms with van der Waals surface area (Å²) in [6.07, 6.45) is 5.96. The molecule has 2 fully saturated rings. The predicted octanol–water partition coefficient (Wildman–Crippen LogP) is 3.29. The number of benzene rings is 2. The van der Waals surface area contributed by atoms with Crippen molar-refractivity contribution in [3.63, 3.8) is 0 Å². The van der Waals surface area contributed by atoms with Crippen molar-refractivity contribution in [3.8, 4) is 5.75 Å². The fraction of sp³-hybridized carbons (Fsp3) is 0.458. The molecule has 2 heterocycles. The summed E-state index contributed by atoms with van der Waals surface area (Å²) in [6.45, 7) is 3.24. The molecule has 2 aromatic carbocycles. The number of carbonyl (C=O) groups is 1. The molecule has 2 unspecified atom stereocenters. The fourth-order valence-corrected chi connectivity index (χ4v) is 5.01. The molecule has 0 saturated carbocycles. The van der Waals surface area contributed by atoms with Gasteiger partial charge in [-0.25, -0.2) is 4.79 Å². The number of hydrogen-bond acceptors (Lipinski definition) is 2. The van der Waals surface area contributed by atoms with E-state index in [1.807, 2.05) is 24.3 Å². The third kappa shape index (κ3) is 4.91. The van der Waals surface area contributed by atoms with E-state index in [1.165, 1.54) is 30.4 Å². The summed E-state index contributed by atoms with van der Waals surface area (Å²) in [5.41, 5.74) is 3.52. The van der Waals surface area contributed by atoms with E-state index in [9.17, 15) is 4.79 Å². The van der Waals surface area contributed by atoms with Crippen molar-refractivity contribution in [2.75, 3.05) is 12.4 Å². The van der Waals surface area contributed by atoms with Gasteiger partial charge in [0.1, 0.15) is 12.3 Å². The zero-order chi connectivity index (χ0) is 20.2. The Morgan fingerprint density at radius 3 is 2.31 bits per heavy atom. The van der Waals surface area contributed by atoms with Crippen LogP contribution in [0.3, 0.4) is 0 Å². The summed E-state index contributed by atoms with van der Waals surface area (Å²) in [7, 11) is 1.64. The molecular weight excluding hydrogens is 362 g/mol. The maximum absolute atomic E-state index is 12.5. The minimum Gasteiger partial charge on any atom is -0.497 e. The van der Waals surface area contributed by atoms with Crippen LogP contribution in [0.15, 0.2) is 48.5 Å². The maximum Gasteiger partial charge on any atom is 0.319 e. The molecule has 2 aliphatic heterocycles. The number of piperidine rings is 2. The van der Waals surface area contributed by atoms with Gasteiger partial charge in [-0.15, -0.1) is 0 Å². The highest BCUT2D eigenvalue weighted by molar-refractivity contribution is 5.89. The number of methoxy groups -OCH3 is 1. The van der Waals surface area contributed by atoms with Crippen LogP contribution >= 0.6 is 0 Å². The van der Waals surface area contributed by atoms with E-state index in [0.717, 1.165) is 30.8 Å². The van der Waals surface area contributed by atoms with Crippen molar-refractivity contribution >= 4 is 11.7 Å². The van der Waals surface area contributed by atoms with E-state index in [-0.39, 0.29) is 12.1 Å². The van der Waals surface area contributed by atoms with E-state index in [0.29, 0.717) is 12.1 Å². The Bertz CT molecular complexity index is 805. The SMILES string of the molecule is COc1ccc(NC(=O)NC2C[C@H]3CCC[C@@H](C2)[NH+]3Cc2ccc(C)cc2)cc1. The van der Waals surface area contributed by atoms with Gasteiger partial charge in [0.25, 0.3) is 0 Å². The van der Waals surface area contributed by atoms with Gasteiger partial charge in [0.05, 0.1) is 19.2 Å². The molecule has 3 N–H and O–H groups in total. The van der Waals surface area contributed by atoms with Crippen molar-refractivity contribution in [3.05, 3.63) is 59.7 Å². The zero-order valence-corrected chi connectivity index (χ0v) is 17.4. The van der Waals surface area contributed by atoms with Crippen molar-refractivity contribution < 1.29 is 14.4 Å². The first-order chi connectivity index (χ1) is 14.1. The maximum atomic E-state index is 12.5. The van der Waals surface area contributed by atoms with Crippen molar-refractivity contribution in [2.24, 2.45) is 0 Å². The molecule has 5 nitrogen and oxygen atoms in total. The van der Waals surface area contributed by atoms with Gasteiger partial charge >= 0.3 is 6.03 Å². The highest BCUT2D eigenvalue weighted by Gasteiger charge is 2.42. The number of nitrogens with one attached hydrogen (secondary N) is 3. The lowest BCUT2D eigenvalue weighted by molar-refractivity contribution is -0.973. The van der Waals surface area contributed by atoms with Crippen LogP contribution in [0, 0.1) is 6.92 Å². The highest BCUT2D eigenvalue weighted by Crippen LogP contribution is 2.23. The van der Waals surface area contributed by atoms with Gasteiger partial charge in [-0.1, -0.05) is 29.8 Å². The van der Waals surface area contributed by atoms with Crippen LogP contribution in [0.25, 0.3) is 0 Å². The summed E-state index contributed by atoms with van der Waals surface area (Å²) in [4.78, 5) is 14.2. The molecule has 4 atom stereocenters. The largest absolute Gasteiger partial charge is 0.497 e. The lowest BCUT2D eigenvalue weighted by Crippen LogP contribution is -3.20. The molecule has 0 aromatic heterocycles. The first-order valence-corrected chi connectivity index (χ1v) is 10.7. The lowest BCUT2D eigenvalue weighted by atomic mass is 9.81. The number of ether oxygens (including phenoxy) is 1. The molecule has 2 amide bonds. The van der Waals surface area contributed by atoms with Gasteiger partial charge in [-0.2, -0.15) is 0 Å². The Morgan fingerprint density at radius 1 is 1.03 bits per heavy atom. The van der Waals surface area contributed by atoms with Crippen LogP contribution in [0.5, 0.6) is 5.75 Å². The molecule has 2 aliphatic rings. The number of amides is 2. The second-order valence-corrected chi connectivity index (χ2v) is 8.56. The minimum absolute atomic E-state index is 0.111. The molecule has 0 aliphatic carbocycles. The normalized spacial score (nSPS) is 25.9. The smallest absolute Gasteiger partial charge is 0.319 e. The lowest BCUT2D eigenvalue weighted by Gasteiger charge is -2.46. The number of rotatable bonds is 5. The topological polar surface area (TPSA) is 54.8 Å². The summed E-state index contributed by atoms with van der Waals surface area (Å²) in [5.74, 6) is 0.785. The molecule has 0 radical (unpaired) electrons. The molecule has 154 valence electrons. The molecule has 4 rings (SSSR count). The Hall–Kier alpha value is -2.53. The Labute approximate surface area is 173 Å². The summed E-state index contributed by atoms with van der Waals surface area (Å²) in [5, 5.41) is 6.17. The van der Waals surface area contributed by atoms with Crippen molar-refractivity contribution in [1.82, 2.24) is 5.32 Å². The van der Waals surface area contributed by atoms with Gasteiger partial charge in [0.2, 0.25) is 0 Å². The van der Waals surface area contributed by atoms with Gasteiger partial charge in [0.15, 0.2) is 0 Å². The van der Waals surface area contributed by atoms with Crippen LogP contribution < -0.4 is 20.3 Å². The molecule has 2 aromatic rings. The van der Waals surface area contributed by atoms with E-state index < -0.39 is 0 Å². The predicted molar refractivity (Wildman–Crippen MR) is 115 cm³/mol. The van der Waals surface area contributed by atoms with Crippen molar-refractivity contribution in [2.45, 2.75) is 63.7 Å². The van der Waals surface area contributed by atoms with E-state index in [4.69, 9.17) is 4.74 Å². The Morgan fingerprint density at radius 2 is 1.69 bits per heavy atom. The monoisotopic (exact) mass is 394 g/mol. The van der Waals surface area contributed by atoms with Crippen LogP contribution in [0.4, 0.5) is 10.5 Å². The second-order valence-electron chi connectivity index (χ2n) is 8.56. The van der Waals surface area contributed by atoms with E-state index in [1.54, 1.807) is 12.0 Å². The second kappa shape index (κ2) is 8.87. The van der Waals surface area contributed by atoms with Crippen LogP contribution in [0.1, 0.15) is 43.2 Å². The van der Waals surface area contributed by atoms with Gasteiger partial charge < -0.3 is 20.3 Å². The van der Waals surface area contributed by atoms with Crippen LogP contribution in [0.2, 0.25) is 0 Å². The third-order valence-corrected chi connectivity index (χ3v) is 6.50. The standard InChI is InChI=1S/C24H31N3O2/c1-17-6-8-18(9-7-17)16-27-21-4-3-5-22(27)15-20(14-21)26-24(28)25-19-10-12-23(29-2)13-11-19/h6-13,20-22H,3-5,14-16H2,1-2H3,(H2,25,26,28)/p+1/t20?,21-,22+. The summed E-state index contributed by atoms with van der Waals surface area (Å²) in [6, 6.07) is 17.8. The Balaban J connectivity index is 1.34. The fourth-order valence-electron chi connectivity index (χ4n) is 5.01. The first kappa shape index (κ1) is 19.8. The summed E-state index contributed by atoms with van der Waals surface area (Å²) < 4.78 is 5.17. The van der Waals surface area contributed by atoms with Gasteiger partial charge in [-0.3, -0.25) is 0 Å². The average molecular weight is 395 g/mol. The minimum atomic E-state index is -0.111. The van der Waals surface area contributed by atoms with Crippen molar-refractivity contribution in [1.29, 1.82) is 0 Å². The number of urea groups is 1. The quantitative estimate of drug-likeness (QED) is 0.729. The molecule has 2 bridgehead atoms. The number of quaternary nitrogens is 1. The number of fused-ring (bicyclic) bond motifs is 2. The molecule has 2 saturated heterocycles. The first-order valence-electron chi connectivity index (χ1n) is 10.7. The molecule has 29 heavy (non-hydrogen) atoms. The van der Waals surface area contributed by atoms with Gasteiger partial charge in [-0.05, 0) is 50.5 Å². The molecular formula is C24H32N3O2+. The van der Waals surface area contributed by atoms with E-state index >= 15 is 0 Å². The van der Waals surface area contributed by atoms with Gasteiger partial charge in [0, 0.05) is 30.1 Å². The number of anilines is 1. The molecule has 0 spiro atoms. The number of hydrogen-bond donors (Lipinski definition) is 3. The third-order valence-electron chi connectivity index (χ3n) is 6.50. The summed E-state index contributed by atoms with van der Waals surface area (Å²) >= 11 is 0. The van der Waals surface area contributed by atoms with E-state index in [2.05, 4.69) is 41.8 Å². The highest BCUT2D eigenvalue weighted by atomic mass is 16.5. The molecule has 5 heteroatoms. The van der Waals surface area contributed by atoms with Crippen LogP contribution in [-0.2, 0) is 6.54 Å². The zero-order valence-electron chi connectivity index (χ0n) is 17.4. The number of aryl methyl sites for hydroxylation is 1. The average Bonchev–Trinajstić information content (AvgIpc) is 2.71. The number of carbonyl (C=O) groups excluding carboxylic acids is 1. The van der Waals surface area contributed by atoms with Crippen LogP contribution in [-0.4, -0.2) is 31.3 Å². The Kier molecular flexibility index (Phi) is 6.05.